The van der Waals surface area contributed by atoms with E-state index in [-0.39, 0.29) is 17.9 Å². The summed E-state index contributed by atoms with van der Waals surface area (Å²) in [6.45, 7) is 1.71. The number of piperidine rings is 1. The number of aromatic amines is 1. The van der Waals surface area contributed by atoms with Crippen molar-refractivity contribution in [2.75, 3.05) is 19.7 Å². The average Bonchev–Trinajstić information content (AvgIpc) is 3.18. The topological polar surface area (TPSA) is 74.4 Å². The SMILES string of the molecule is O=C(c1cc[nH]c1)N1CC[C@H]2OCC[C@@]2(C(=O)NC2CCC2)C1. The van der Waals surface area contributed by atoms with E-state index in [0.717, 1.165) is 19.3 Å². The molecule has 0 radical (unpaired) electrons. The molecule has 0 bridgehead atoms. The lowest BCUT2D eigenvalue weighted by atomic mass is 9.75. The van der Waals surface area contributed by atoms with Crippen LogP contribution in [0.2, 0.25) is 0 Å². The highest BCUT2D eigenvalue weighted by atomic mass is 16.5. The Labute approximate surface area is 135 Å². The van der Waals surface area contributed by atoms with Crippen LogP contribution in [0.15, 0.2) is 18.5 Å². The number of aromatic nitrogens is 1. The lowest BCUT2D eigenvalue weighted by Crippen LogP contribution is -2.60. The lowest BCUT2D eigenvalue weighted by Gasteiger charge is -2.43. The molecule has 3 fully saturated rings. The van der Waals surface area contributed by atoms with Gasteiger partial charge in [-0.1, -0.05) is 0 Å². The highest BCUT2D eigenvalue weighted by molar-refractivity contribution is 5.95. The summed E-state index contributed by atoms with van der Waals surface area (Å²) < 4.78 is 5.83. The fraction of sp³-hybridized carbons (Fsp3) is 0.647. The van der Waals surface area contributed by atoms with Gasteiger partial charge >= 0.3 is 0 Å². The quantitative estimate of drug-likeness (QED) is 0.882. The fourth-order valence-corrected chi connectivity index (χ4v) is 3.96. The molecule has 0 spiro atoms. The number of amides is 2. The predicted octanol–water partition coefficient (Wildman–Crippen LogP) is 1.30. The number of H-pyrrole nitrogens is 1. The highest BCUT2D eigenvalue weighted by Crippen LogP contribution is 2.42. The van der Waals surface area contributed by atoms with Crippen molar-refractivity contribution in [1.29, 1.82) is 0 Å². The third-order valence-corrected chi connectivity index (χ3v) is 5.64. The fourth-order valence-electron chi connectivity index (χ4n) is 3.96. The Kier molecular flexibility index (Phi) is 3.64. The number of carbonyl (C=O) groups is 2. The number of nitrogens with zero attached hydrogens (tertiary/aromatic N) is 1. The van der Waals surface area contributed by atoms with Crippen molar-refractivity contribution in [3.63, 3.8) is 0 Å². The summed E-state index contributed by atoms with van der Waals surface area (Å²) >= 11 is 0. The van der Waals surface area contributed by atoms with Gasteiger partial charge in [-0.3, -0.25) is 9.59 Å². The summed E-state index contributed by atoms with van der Waals surface area (Å²) in [6.07, 6.45) is 8.16. The zero-order chi connectivity index (χ0) is 15.9. The molecule has 6 nitrogen and oxygen atoms in total. The first kappa shape index (κ1) is 14.8. The first-order chi connectivity index (χ1) is 11.2. The second-order valence-corrected chi connectivity index (χ2v) is 6.98. The van der Waals surface area contributed by atoms with Crippen molar-refractivity contribution in [2.45, 2.75) is 44.2 Å². The summed E-state index contributed by atoms with van der Waals surface area (Å²) in [4.78, 5) is 30.3. The normalized spacial score (nSPS) is 30.6. The second-order valence-electron chi connectivity index (χ2n) is 6.98. The highest BCUT2D eigenvalue weighted by Gasteiger charge is 2.54. The molecule has 4 rings (SSSR count). The number of hydrogen-bond acceptors (Lipinski definition) is 3. The molecule has 124 valence electrons. The molecule has 0 unspecified atom stereocenters. The molecule has 23 heavy (non-hydrogen) atoms. The van der Waals surface area contributed by atoms with Gasteiger partial charge in [-0.25, -0.2) is 0 Å². The van der Waals surface area contributed by atoms with E-state index in [1.807, 2.05) is 4.90 Å². The largest absolute Gasteiger partial charge is 0.377 e. The number of likely N-dealkylation sites (tertiary alicyclic amines) is 1. The Morgan fingerprint density at radius 1 is 1.35 bits per heavy atom. The van der Waals surface area contributed by atoms with Crippen molar-refractivity contribution < 1.29 is 14.3 Å². The molecule has 3 heterocycles. The molecule has 1 saturated carbocycles. The van der Waals surface area contributed by atoms with Crippen molar-refractivity contribution in [1.82, 2.24) is 15.2 Å². The monoisotopic (exact) mass is 317 g/mol. The van der Waals surface area contributed by atoms with Crippen molar-refractivity contribution in [3.05, 3.63) is 24.0 Å². The maximum absolute atomic E-state index is 12.9. The molecule has 2 saturated heterocycles. The summed E-state index contributed by atoms with van der Waals surface area (Å²) in [5.41, 5.74) is 0.0803. The van der Waals surface area contributed by atoms with Gasteiger partial charge in [0, 0.05) is 38.1 Å². The van der Waals surface area contributed by atoms with E-state index in [1.54, 1.807) is 18.5 Å². The Bertz CT molecular complexity index is 596. The third-order valence-electron chi connectivity index (χ3n) is 5.64. The van der Waals surface area contributed by atoms with E-state index in [1.165, 1.54) is 6.42 Å². The van der Waals surface area contributed by atoms with Gasteiger partial charge in [0.15, 0.2) is 0 Å². The molecule has 3 aliphatic rings. The minimum atomic E-state index is -0.570. The smallest absolute Gasteiger partial charge is 0.255 e. The van der Waals surface area contributed by atoms with Crippen molar-refractivity contribution in [3.8, 4) is 0 Å². The van der Waals surface area contributed by atoms with Gasteiger partial charge in [0.2, 0.25) is 5.91 Å². The number of carbonyl (C=O) groups excluding carboxylic acids is 2. The summed E-state index contributed by atoms with van der Waals surface area (Å²) in [5, 5.41) is 3.18. The predicted molar refractivity (Wildman–Crippen MR) is 83.9 cm³/mol. The molecule has 6 heteroatoms. The van der Waals surface area contributed by atoms with Gasteiger partial charge in [0.05, 0.1) is 17.1 Å². The molecule has 2 atom stereocenters. The van der Waals surface area contributed by atoms with Crippen LogP contribution in [-0.4, -0.2) is 53.5 Å². The number of fused-ring (bicyclic) bond motifs is 1. The molecule has 2 amide bonds. The van der Waals surface area contributed by atoms with Crippen LogP contribution in [0.4, 0.5) is 0 Å². The number of hydrogen-bond donors (Lipinski definition) is 2. The van der Waals surface area contributed by atoms with Crippen LogP contribution < -0.4 is 5.32 Å². The van der Waals surface area contributed by atoms with E-state index in [4.69, 9.17) is 4.74 Å². The van der Waals surface area contributed by atoms with Gasteiger partial charge in [-0.15, -0.1) is 0 Å². The van der Waals surface area contributed by atoms with Gasteiger partial charge < -0.3 is 19.9 Å². The summed E-state index contributed by atoms with van der Waals surface area (Å²) in [6, 6.07) is 2.09. The molecule has 1 aromatic heterocycles. The zero-order valence-electron chi connectivity index (χ0n) is 13.2. The van der Waals surface area contributed by atoms with E-state index >= 15 is 0 Å². The number of rotatable bonds is 3. The van der Waals surface area contributed by atoms with Crippen LogP contribution in [0.5, 0.6) is 0 Å². The molecule has 1 aromatic rings. The first-order valence-corrected chi connectivity index (χ1v) is 8.54. The Morgan fingerprint density at radius 2 is 2.22 bits per heavy atom. The standard InChI is InChI=1S/C17H23N3O3/c21-15(12-4-7-18-10-12)20-8-5-14-17(11-20,6-9-23-14)16(22)19-13-2-1-3-13/h4,7,10,13-14,18H,1-3,5-6,8-9,11H2,(H,19,22)/t14-,17-/m1/s1. The lowest BCUT2D eigenvalue weighted by molar-refractivity contribution is -0.139. The Morgan fingerprint density at radius 3 is 2.91 bits per heavy atom. The average molecular weight is 317 g/mol. The molecule has 2 N–H and O–H groups in total. The van der Waals surface area contributed by atoms with Crippen LogP contribution in [-0.2, 0) is 9.53 Å². The van der Waals surface area contributed by atoms with Crippen LogP contribution in [0.3, 0.4) is 0 Å². The van der Waals surface area contributed by atoms with E-state index in [9.17, 15) is 9.59 Å². The molecular weight excluding hydrogens is 294 g/mol. The number of nitrogens with one attached hydrogen (secondary N) is 2. The molecule has 1 aliphatic carbocycles. The number of ether oxygens (including phenoxy) is 1. The van der Waals surface area contributed by atoms with Crippen molar-refractivity contribution in [2.24, 2.45) is 5.41 Å². The Balaban J connectivity index is 1.53. The minimum absolute atomic E-state index is 0.00702. The van der Waals surface area contributed by atoms with E-state index in [2.05, 4.69) is 10.3 Å². The maximum Gasteiger partial charge on any atom is 0.255 e. The van der Waals surface area contributed by atoms with E-state index in [0.29, 0.717) is 37.7 Å². The molecular formula is C17H23N3O3. The van der Waals surface area contributed by atoms with Gasteiger partial charge in [0.25, 0.3) is 5.91 Å². The van der Waals surface area contributed by atoms with Gasteiger partial charge in [-0.05, 0) is 38.2 Å². The van der Waals surface area contributed by atoms with Crippen LogP contribution in [0.1, 0.15) is 42.5 Å². The maximum atomic E-state index is 12.9. The van der Waals surface area contributed by atoms with Crippen LogP contribution >= 0.6 is 0 Å². The minimum Gasteiger partial charge on any atom is -0.377 e. The second kappa shape index (κ2) is 5.67. The summed E-state index contributed by atoms with van der Waals surface area (Å²) in [7, 11) is 0. The van der Waals surface area contributed by atoms with Gasteiger partial charge in [-0.2, -0.15) is 0 Å². The van der Waals surface area contributed by atoms with Gasteiger partial charge in [0.1, 0.15) is 0 Å². The molecule has 0 aromatic carbocycles. The zero-order valence-corrected chi connectivity index (χ0v) is 13.2. The van der Waals surface area contributed by atoms with Crippen LogP contribution in [0.25, 0.3) is 0 Å². The Hall–Kier alpha value is -1.82. The van der Waals surface area contributed by atoms with Crippen molar-refractivity contribution >= 4 is 11.8 Å². The van der Waals surface area contributed by atoms with Crippen LogP contribution in [0, 0.1) is 5.41 Å². The molecule has 2 aliphatic heterocycles. The van der Waals surface area contributed by atoms with E-state index < -0.39 is 5.41 Å². The first-order valence-electron chi connectivity index (χ1n) is 8.54. The summed E-state index contributed by atoms with van der Waals surface area (Å²) in [5.74, 6) is 0.0729. The third kappa shape index (κ3) is 2.45.